The zero-order valence-electron chi connectivity index (χ0n) is 29.3. The van der Waals surface area contributed by atoms with E-state index in [0.29, 0.717) is 111 Å². The maximum absolute atomic E-state index is 12.6. The first-order valence-corrected chi connectivity index (χ1v) is 19.2. The zero-order valence-corrected chi connectivity index (χ0v) is 30.9. The Morgan fingerprint density at radius 1 is 0.667 bits per heavy atom. The van der Waals surface area contributed by atoms with Crippen molar-refractivity contribution in [3.05, 3.63) is 34.0 Å². The Kier molecular flexibility index (Phi) is 24.7. The molecule has 1 rings (SSSR count). The fourth-order valence-electron chi connectivity index (χ4n) is 4.06. The number of esters is 1. The lowest BCUT2D eigenvalue weighted by Gasteiger charge is -2.23. The summed E-state index contributed by atoms with van der Waals surface area (Å²) in [6, 6.07) is 4.57. The van der Waals surface area contributed by atoms with E-state index in [9.17, 15) is 34.8 Å². The summed E-state index contributed by atoms with van der Waals surface area (Å²) in [5.74, 6) is -1.18. The van der Waals surface area contributed by atoms with Crippen LogP contribution in [0.5, 0.6) is 0 Å². The Morgan fingerprint density at radius 3 is 1.39 bits per heavy atom. The van der Waals surface area contributed by atoms with E-state index in [1.165, 1.54) is 12.1 Å². The molecule has 0 saturated carbocycles. The molecule has 0 bridgehead atoms. The predicted molar refractivity (Wildman–Crippen MR) is 177 cm³/mol. The highest BCUT2D eigenvalue weighted by molar-refractivity contribution is 8.12. The summed E-state index contributed by atoms with van der Waals surface area (Å²) in [6.45, 7) is 10.0. The summed E-state index contributed by atoms with van der Waals surface area (Å²) in [4.78, 5) is 11.9. The smallest absolute Gasteiger partial charge is 0.463 e. The lowest BCUT2D eigenvalue weighted by molar-refractivity contribution is -0.150. The van der Waals surface area contributed by atoms with E-state index in [1.54, 1.807) is 21.0 Å². The molecule has 0 fully saturated rings. The van der Waals surface area contributed by atoms with Gasteiger partial charge in [-0.15, -0.1) is 0 Å². The van der Waals surface area contributed by atoms with Gasteiger partial charge in [-0.3, -0.25) is 4.79 Å². The molecule has 0 N–H and O–H groups in total. The van der Waals surface area contributed by atoms with Gasteiger partial charge in [0.05, 0.1) is 105 Å². The van der Waals surface area contributed by atoms with Gasteiger partial charge in [0, 0.05) is 12.0 Å². The third kappa shape index (κ3) is 21.3. The highest BCUT2D eigenvalue weighted by Gasteiger charge is 2.40. The molecule has 0 aromatic heterocycles. The zero-order chi connectivity index (χ0) is 38.0. The summed E-state index contributed by atoms with van der Waals surface area (Å²) in [5.41, 5.74) is -5.26. The second-order valence-electron chi connectivity index (χ2n) is 10.7. The third-order valence-electron chi connectivity index (χ3n) is 6.84. The summed E-state index contributed by atoms with van der Waals surface area (Å²) in [5, 5.41) is 0. The minimum Gasteiger partial charge on any atom is -0.463 e. The number of carbonyl (C=O) groups is 1. The van der Waals surface area contributed by atoms with E-state index in [0.717, 1.165) is 12.1 Å². The molecule has 0 aliphatic rings. The molecule has 0 aliphatic heterocycles. The molecular weight excluding hydrogens is 731 g/mol. The summed E-state index contributed by atoms with van der Waals surface area (Å²) >= 11 is 0. The van der Waals surface area contributed by atoms with E-state index in [2.05, 4.69) is 4.13 Å². The van der Waals surface area contributed by atoms with Gasteiger partial charge in [-0.05, 0) is 36.5 Å². The van der Waals surface area contributed by atoms with Gasteiger partial charge in [-0.25, -0.2) is 16.8 Å². The Balaban J connectivity index is 2.08. The van der Waals surface area contributed by atoms with Gasteiger partial charge >= 0.3 is 11.5 Å². The molecule has 0 spiro atoms. The summed E-state index contributed by atoms with van der Waals surface area (Å²) in [7, 11) is -9.73. The van der Waals surface area contributed by atoms with Gasteiger partial charge in [0.25, 0.3) is 0 Å². The highest BCUT2D eigenvalue weighted by Crippen LogP contribution is 2.33. The average molecular weight is 783 g/mol. The predicted octanol–water partition coefficient (Wildman–Crippen LogP) is 3.42. The van der Waals surface area contributed by atoms with Crippen LogP contribution in [0.1, 0.15) is 38.2 Å². The van der Waals surface area contributed by atoms with Crippen LogP contribution in [0.2, 0.25) is 0 Å². The Morgan fingerprint density at radius 2 is 1.04 bits per heavy atom. The van der Waals surface area contributed by atoms with Crippen LogP contribution in [-0.4, -0.2) is 141 Å². The molecule has 0 radical (unpaired) electrons. The number of hydrogen-bond acceptors (Lipinski definition) is 14. The molecule has 2 atom stereocenters. The van der Waals surface area contributed by atoms with E-state index >= 15 is 0 Å². The summed E-state index contributed by atoms with van der Waals surface area (Å²) < 4.78 is 134. The molecule has 15 nitrogen and oxygen atoms in total. The molecular formula is C31H51F3NO14S2-. The van der Waals surface area contributed by atoms with Crippen LogP contribution in [0, 0.1) is 5.92 Å². The van der Waals surface area contributed by atoms with Crippen molar-refractivity contribution in [3.63, 3.8) is 0 Å². The Bertz CT molecular complexity index is 1270. The molecule has 1 aromatic carbocycles. The van der Waals surface area contributed by atoms with Crippen LogP contribution in [-0.2, 0) is 67.5 Å². The quantitative estimate of drug-likeness (QED) is 0.0766. The number of alkyl halides is 3. The number of benzene rings is 1. The standard InChI is InChI=1S/C31H51F3NO14S2/c1-4-27(25-26(2)28-5-7-29(8-6-28)50(37,38)35-51(39,40)31(32,33)34)30(36)49-24-23-48-22-21-47-20-19-46-18-17-45-16-15-44-14-13-43-12-11-42-10-9-41-3/h5-8,26-27H,4,9-25H2,1-3H3/q-1. The third-order valence-corrected chi connectivity index (χ3v) is 9.86. The second kappa shape index (κ2) is 26.7. The first-order valence-electron chi connectivity index (χ1n) is 16.4. The first kappa shape index (κ1) is 47.0. The number of methoxy groups -OCH3 is 1. The van der Waals surface area contributed by atoms with Gasteiger partial charge in [0.2, 0.25) is 0 Å². The minimum absolute atomic E-state index is 0.0354. The van der Waals surface area contributed by atoms with Crippen LogP contribution in [0.25, 0.3) is 4.13 Å². The number of hydrogen-bond donors (Lipinski definition) is 0. The molecule has 298 valence electrons. The number of nitrogens with zero attached hydrogens (tertiary/aromatic N) is 1. The highest BCUT2D eigenvalue weighted by atomic mass is 32.3. The first-order chi connectivity index (χ1) is 24.2. The molecule has 2 unspecified atom stereocenters. The van der Waals surface area contributed by atoms with Crippen molar-refractivity contribution >= 4 is 26.0 Å². The number of carbonyl (C=O) groups excluding carboxylic acids is 1. The number of halogens is 3. The molecule has 0 aliphatic carbocycles. The molecule has 1 aromatic rings. The van der Waals surface area contributed by atoms with Crippen molar-refractivity contribution in [1.82, 2.24) is 0 Å². The fraction of sp³-hybridized carbons (Fsp3) is 0.774. The monoisotopic (exact) mass is 782 g/mol. The molecule has 20 heteroatoms. The maximum Gasteiger partial charge on any atom is 0.480 e. The van der Waals surface area contributed by atoms with Crippen LogP contribution >= 0.6 is 0 Å². The number of rotatable bonds is 32. The van der Waals surface area contributed by atoms with Gasteiger partial charge in [-0.1, -0.05) is 26.0 Å². The normalized spacial score (nSPS) is 13.7. The van der Waals surface area contributed by atoms with Crippen LogP contribution in [0.4, 0.5) is 13.2 Å². The van der Waals surface area contributed by atoms with Crippen LogP contribution in [0.15, 0.2) is 29.2 Å². The largest absolute Gasteiger partial charge is 0.480 e. The Hall–Kier alpha value is -1.98. The lowest BCUT2D eigenvalue weighted by atomic mass is 9.89. The van der Waals surface area contributed by atoms with E-state index in [4.69, 9.17) is 42.6 Å². The second-order valence-corrected chi connectivity index (χ2v) is 14.2. The molecule has 0 saturated heterocycles. The maximum atomic E-state index is 12.6. The lowest BCUT2D eigenvalue weighted by Crippen LogP contribution is -2.24. The Labute approximate surface area is 298 Å². The number of ether oxygens (including phenoxy) is 9. The van der Waals surface area contributed by atoms with Gasteiger partial charge in [0.15, 0.2) is 10.0 Å². The van der Waals surface area contributed by atoms with Crippen molar-refractivity contribution < 1.29 is 77.4 Å². The van der Waals surface area contributed by atoms with Crippen molar-refractivity contribution in [2.75, 3.05) is 113 Å². The van der Waals surface area contributed by atoms with Gasteiger partial charge < -0.3 is 46.8 Å². The molecule has 0 heterocycles. The molecule has 0 amide bonds. The van der Waals surface area contributed by atoms with Crippen molar-refractivity contribution in [3.8, 4) is 0 Å². The number of sulfonamides is 2. The topological polar surface area (TPSA) is 183 Å². The SMILES string of the molecule is CCC(CC(C)c1ccc(S(=O)(=O)[N-]S(=O)(=O)C(F)(F)F)cc1)C(=O)OCCOCCOCCOCCOCCOCCOCCOCCOC. The van der Waals surface area contributed by atoms with E-state index in [-0.39, 0.29) is 19.1 Å². The molecule has 51 heavy (non-hydrogen) atoms. The fourth-order valence-corrected chi connectivity index (χ4v) is 6.25. The van der Waals surface area contributed by atoms with Gasteiger partial charge in [0.1, 0.15) is 16.6 Å². The van der Waals surface area contributed by atoms with Crippen molar-refractivity contribution in [2.45, 2.75) is 43.0 Å². The van der Waals surface area contributed by atoms with Crippen molar-refractivity contribution in [2.24, 2.45) is 5.92 Å². The average Bonchev–Trinajstić information content (AvgIpc) is 3.08. The van der Waals surface area contributed by atoms with E-state index < -0.39 is 42.3 Å². The van der Waals surface area contributed by atoms with Crippen molar-refractivity contribution in [1.29, 1.82) is 0 Å². The van der Waals surface area contributed by atoms with Crippen LogP contribution < -0.4 is 0 Å². The van der Waals surface area contributed by atoms with Crippen LogP contribution in [0.3, 0.4) is 0 Å². The summed E-state index contributed by atoms with van der Waals surface area (Å²) in [6.07, 6.45) is 0.805. The van der Waals surface area contributed by atoms with E-state index in [1.807, 2.05) is 0 Å². The van der Waals surface area contributed by atoms with Gasteiger partial charge in [-0.2, -0.15) is 13.2 Å². The minimum atomic E-state index is -6.23.